The van der Waals surface area contributed by atoms with E-state index in [1.54, 1.807) is 0 Å². The predicted octanol–water partition coefficient (Wildman–Crippen LogP) is 2.12. The molecule has 0 radical (unpaired) electrons. The third-order valence-corrected chi connectivity index (χ3v) is 2.23. The van der Waals surface area contributed by atoms with Gasteiger partial charge in [0, 0.05) is 5.02 Å². The van der Waals surface area contributed by atoms with Crippen molar-refractivity contribution in [2.24, 2.45) is 5.73 Å². The van der Waals surface area contributed by atoms with Gasteiger partial charge in [-0.2, -0.15) is 0 Å². The van der Waals surface area contributed by atoms with Crippen molar-refractivity contribution in [1.29, 1.82) is 0 Å². The molecule has 0 aliphatic rings. The number of hydrogen-bond acceptors (Lipinski definition) is 2. The summed E-state index contributed by atoms with van der Waals surface area (Å²) in [6.07, 6.45) is 0. The second-order valence-electron chi connectivity index (χ2n) is 2.58. The molecular weight excluding hydrogens is 216 g/mol. The number of benzene rings is 1. The Balaban J connectivity index is 3.20. The van der Waals surface area contributed by atoms with Gasteiger partial charge in [0.25, 0.3) is 0 Å². The molecule has 0 fully saturated rings. The Morgan fingerprint density at radius 3 is 2.62 bits per heavy atom. The van der Waals surface area contributed by atoms with E-state index >= 15 is 0 Å². The summed E-state index contributed by atoms with van der Waals surface area (Å²) in [5, 5.41) is 8.86. The molecule has 1 aromatic rings. The SMILES string of the molecule is NC(CO)c1cc(Cl)cc(F)c1Cl. The van der Waals surface area contributed by atoms with Crippen LogP contribution in [0.1, 0.15) is 11.6 Å². The van der Waals surface area contributed by atoms with Gasteiger partial charge in [-0.15, -0.1) is 0 Å². The number of rotatable bonds is 2. The van der Waals surface area contributed by atoms with Crippen LogP contribution in [0.15, 0.2) is 12.1 Å². The van der Waals surface area contributed by atoms with E-state index in [0.717, 1.165) is 6.07 Å². The summed E-state index contributed by atoms with van der Waals surface area (Å²) in [6, 6.07) is 1.83. The van der Waals surface area contributed by atoms with Gasteiger partial charge in [-0.3, -0.25) is 0 Å². The summed E-state index contributed by atoms with van der Waals surface area (Å²) < 4.78 is 13.0. The molecule has 0 saturated carbocycles. The van der Waals surface area contributed by atoms with Crippen LogP contribution in [0.3, 0.4) is 0 Å². The topological polar surface area (TPSA) is 46.2 Å². The molecular formula is C8H8Cl2FNO. The van der Waals surface area contributed by atoms with Gasteiger partial charge in [0.15, 0.2) is 0 Å². The van der Waals surface area contributed by atoms with Crippen molar-refractivity contribution in [3.8, 4) is 0 Å². The number of hydrogen-bond donors (Lipinski definition) is 2. The summed E-state index contributed by atoms with van der Waals surface area (Å²) >= 11 is 11.2. The zero-order valence-electron chi connectivity index (χ0n) is 6.60. The molecule has 3 N–H and O–H groups in total. The molecule has 1 atom stereocenters. The van der Waals surface area contributed by atoms with Crippen molar-refractivity contribution in [3.63, 3.8) is 0 Å². The molecule has 5 heteroatoms. The molecule has 0 spiro atoms. The molecule has 0 bridgehead atoms. The van der Waals surface area contributed by atoms with Gasteiger partial charge in [0.2, 0.25) is 0 Å². The molecule has 0 aliphatic carbocycles. The molecule has 72 valence electrons. The Morgan fingerprint density at radius 2 is 2.08 bits per heavy atom. The zero-order chi connectivity index (χ0) is 10.0. The standard InChI is InChI=1S/C8H8Cl2FNO/c9-4-1-5(7(12)3-13)8(10)6(11)2-4/h1-2,7,13H,3,12H2. The van der Waals surface area contributed by atoms with Gasteiger partial charge >= 0.3 is 0 Å². The maximum atomic E-state index is 13.0. The van der Waals surface area contributed by atoms with Crippen LogP contribution < -0.4 is 5.73 Å². The van der Waals surface area contributed by atoms with Crippen molar-refractivity contribution in [2.45, 2.75) is 6.04 Å². The summed E-state index contributed by atoms with van der Waals surface area (Å²) in [5.74, 6) is -0.631. The van der Waals surface area contributed by atoms with Gasteiger partial charge in [0.1, 0.15) is 5.82 Å². The summed E-state index contributed by atoms with van der Waals surface area (Å²) in [4.78, 5) is 0. The van der Waals surface area contributed by atoms with Crippen molar-refractivity contribution in [3.05, 3.63) is 33.6 Å². The summed E-state index contributed by atoms with van der Waals surface area (Å²) in [6.45, 7) is -0.306. The maximum Gasteiger partial charge on any atom is 0.143 e. The van der Waals surface area contributed by atoms with Crippen LogP contribution in [0.4, 0.5) is 4.39 Å². The Labute approximate surface area is 85.1 Å². The van der Waals surface area contributed by atoms with Crippen molar-refractivity contribution >= 4 is 23.2 Å². The average Bonchev–Trinajstić information content (AvgIpc) is 2.10. The van der Waals surface area contributed by atoms with Crippen LogP contribution in [0.5, 0.6) is 0 Å². The first kappa shape index (κ1) is 10.7. The maximum absolute atomic E-state index is 13.0. The van der Waals surface area contributed by atoms with Crippen molar-refractivity contribution in [1.82, 2.24) is 0 Å². The molecule has 0 aromatic heterocycles. The molecule has 2 nitrogen and oxygen atoms in total. The smallest absolute Gasteiger partial charge is 0.143 e. The fraction of sp³-hybridized carbons (Fsp3) is 0.250. The Hall–Kier alpha value is -0.350. The van der Waals surface area contributed by atoms with Crippen LogP contribution in [0.25, 0.3) is 0 Å². The van der Waals surface area contributed by atoms with E-state index in [1.807, 2.05) is 0 Å². The lowest BCUT2D eigenvalue weighted by Crippen LogP contribution is -2.15. The van der Waals surface area contributed by atoms with Crippen LogP contribution in [-0.2, 0) is 0 Å². The van der Waals surface area contributed by atoms with E-state index < -0.39 is 11.9 Å². The summed E-state index contributed by atoms with van der Waals surface area (Å²) in [5.41, 5.74) is 5.79. The predicted molar refractivity (Wildman–Crippen MR) is 50.4 cm³/mol. The van der Waals surface area contributed by atoms with Crippen LogP contribution in [0, 0.1) is 5.82 Å². The van der Waals surface area contributed by atoms with Crippen LogP contribution in [0.2, 0.25) is 10.0 Å². The zero-order valence-corrected chi connectivity index (χ0v) is 8.11. The average molecular weight is 224 g/mol. The van der Waals surface area contributed by atoms with E-state index in [-0.39, 0.29) is 16.7 Å². The highest BCUT2D eigenvalue weighted by atomic mass is 35.5. The second-order valence-corrected chi connectivity index (χ2v) is 3.39. The Kier molecular flexibility index (Phi) is 3.50. The van der Waals surface area contributed by atoms with Gasteiger partial charge < -0.3 is 10.8 Å². The van der Waals surface area contributed by atoms with E-state index in [0.29, 0.717) is 5.56 Å². The van der Waals surface area contributed by atoms with Crippen molar-refractivity contribution < 1.29 is 9.50 Å². The molecule has 1 unspecified atom stereocenters. The molecule has 0 amide bonds. The number of nitrogens with two attached hydrogens (primary N) is 1. The molecule has 0 heterocycles. The number of aliphatic hydroxyl groups is 1. The van der Waals surface area contributed by atoms with Gasteiger partial charge in [-0.05, 0) is 17.7 Å². The molecule has 0 aliphatic heterocycles. The highest BCUT2D eigenvalue weighted by Gasteiger charge is 2.13. The third-order valence-electron chi connectivity index (χ3n) is 1.62. The molecule has 0 saturated heterocycles. The first-order chi connectivity index (χ1) is 6.06. The minimum atomic E-state index is -0.708. The molecule has 1 rings (SSSR count). The third kappa shape index (κ3) is 2.31. The largest absolute Gasteiger partial charge is 0.394 e. The van der Waals surface area contributed by atoms with E-state index in [2.05, 4.69) is 0 Å². The van der Waals surface area contributed by atoms with E-state index in [9.17, 15) is 4.39 Å². The van der Waals surface area contributed by atoms with E-state index in [4.69, 9.17) is 34.0 Å². The lowest BCUT2D eigenvalue weighted by molar-refractivity contribution is 0.268. The Morgan fingerprint density at radius 1 is 1.46 bits per heavy atom. The minimum Gasteiger partial charge on any atom is -0.394 e. The van der Waals surface area contributed by atoms with E-state index in [1.165, 1.54) is 6.07 Å². The van der Waals surface area contributed by atoms with Gasteiger partial charge in [-0.25, -0.2) is 4.39 Å². The first-order valence-electron chi connectivity index (χ1n) is 3.57. The van der Waals surface area contributed by atoms with Gasteiger partial charge in [0.05, 0.1) is 17.7 Å². The highest BCUT2D eigenvalue weighted by Crippen LogP contribution is 2.28. The molecule has 13 heavy (non-hydrogen) atoms. The first-order valence-corrected chi connectivity index (χ1v) is 4.32. The fourth-order valence-corrected chi connectivity index (χ4v) is 1.41. The minimum absolute atomic E-state index is 0.0917. The van der Waals surface area contributed by atoms with Gasteiger partial charge in [-0.1, -0.05) is 23.2 Å². The summed E-state index contributed by atoms with van der Waals surface area (Å²) in [7, 11) is 0. The van der Waals surface area contributed by atoms with Crippen LogP contribution >= 0.6 is 23.2 Å². The fourth-order valence-electron chi connectivity index (χ4n) is 0.944. The second kappa shape index (κ2) is 4.24. The quantitative estimate of drug-likeness (QED) is 0.755. The van der Waals surface area contributed by atoms with Crippen molar-refractivity contribution in [2.75, 3.05) is 6.61 Å². The highest BCUT2D eigenvalue weighted by molar-refractivity contribution is 6.33. The number of aliphatic hydroxyl groups excluding tert-OH is 1. The lowest BCUT2D eigenvalue weighted by Gasteiger charge is -2.11. The number of halogens is 3. The Bertz CT molecular complexity index is 319. The molecule has 1 aromatic carbocycles. The monoisotopic (exact) mass is 223 g/mol. The normalized spacial score (nSPS) is 13.0. The lowest BCUT2D eigenvalue weighted by atomic mass is 10.1. The van der Waals surface area contributed by atoms with Crippen LogP contribution in [-0.4, -0.2) is 11.7 Å².